The van der Waals surface area contributed by atoms with Gasteiger partial charge in [-0.3, -0.25) is 15.0 Å². The van der Waals surface area contributed by atoms with Gasteiger partial charge in [0.1, 0.15) is 11.8 Å². The Balaban J connectivity index is 1.27. The maximum atomic E-state index is 15.4. The molecule has 6 aliphatic heterocycles. The van der Waals surface area contributed by atoms with E-state index in [-0.39, 0.29) is 30.1 Å². The molecule has 0 saturated carbocycles. The summed E-state index contributed by atoms with van der Waals surface area (Å²) in [5, 5.41) is 31.5. The third kappa shape index (κ3) is 4.40. The molecule has 2 fully saturated rings. The molecule has 2 spiro atoms. The minimum absolute atomic E-state index is 0.000139. The van der Waals surface area contributed by atoms with E-state index < -0.39 is 46.6 Å². The third-order valence-electron chi connectivity index (χ3n) is 12.6. The van der Waals surface area contributed by atoms with E-state index in [1.54, 1.807) is 0 Å². The standard InChI is InChI=1S/C41H41N5O8S/c1-6-26-29-30(34(53-20(4)47)19(3)35-36(29)52-17-51-35)41(54-39(49)40(16-55-41)37-23(11-12-43-40)22-9-7-8-10-24(22)45-37)38-31-28-21(13-18(2)33(50-5)32(28)48)14-25(44-31)27(15-42)46(26)38/h7-10,13,25-27,31,38,43-45,48H,6,11-12,14,16-17H2,1-5H3/t25-,26+,27+,31+,38?,40-,41-/m1/s1. The molecule has 3 aromatic carbocycles. The highest BCUT2D eigenvalue weighted by Crippen LogP contribution is 2.67. The van der Waals surface area contributed by atoms with Crippen LogP contribution in [0.3, 0.4) is 0 Å². The Morgan fingerprint density at radius 1 is 1.18 bits per heavy atom. The number of H-pyrrole nitrogens is 1. The van der Waals surface area contributed by atoms with Crippen molar-refractivity contribution in [3.63, 3.8) is 0 Å². The molecular weight excluding hydrogens is 723 g/mol. The number of aromatic nitrogens is 1. The highest BCUT2D eigenvalue weighted by molar-refractivity contribution is 8.00. The summed E-state index contributed by atoms with van der Waals surface area (Å²) in [7, 11) is 1.53. The normalized spacial score (nSPS) is 29.9. The SMILES string of the molecule is CC[C@H]1c2c3c(c(C)c(OC(C)=O)c2[C@]2(OC(=O)[C@]4(CS2)NCCc2c4[nH]c4ccccc24)C2[C@H]4N[C@H](Cc5cc(C)c(OC)c(O)c54)[C@H](C#N)N21)OCO3. The number of methoxy groups -OCH3 is 1. The lowest BCUT2D eigenvalue weighted by molar-refractivity contribution is -0.177. The van der Waals surface area contributed by atoms with Crippen molar-refractivity contribution in [1.82, 2.24) is 20.5 Å². The Morgan fingerprint density at radius 2 is 1.98 bits per heavy atom. The smallest absolute Gasteiger partial charge is 0.335 e. The van der Waals surface area contributed by atoms with Gasteiger partial charge in [0.2, 0.25) is 11.7 Å². The maximum absolute atomic E-state index is 15.4. The van der Waals surface area contributed by atoms with Crippen molar-refractivity contribution in [3.8, 4) is 34.8 Å². The number of hydrogen-bond acceptors (Lipinski definition) is 13. The molecule has 14 heteroatoms. The summed E-state index contributed by atoms with van der Waals surface area (Å²) in [5.41, 5.74) is 5.54. The van der Waals surface area contributed by atoms with E-state index in [9.17, 15) is 15.2 Å². The first-order valence-corrected chi connectivity index (χ1v) is 19.8. The molecule has 0 radical (unpaired) electrons. The van der Waals surface area contributed by atoms with Crippen molar-refractivity contribution in [3.05, 3.63) is 75.0 Å². The van der Waals surface area contributed by atoms with Crippen LogP contribution in [0.5, 0.6) is 28.7 Å². The number of piperazine rings is 1. The molecule has 0 amide bonds. The lowest BCUT2D eigenvalue weighted by atomic mass is 9.70. The Bertz CT molecular complexity index is 2410. The Hall–Kier alpha value is -4.94. The molecule has 7 heterocycles. The average molecular weight is 764 g/mol. The van der Waals surface area contributed by atoms with Gasteiger partial charge in [0.25, 0.3) is 0 Å². The topological polar surface area (TPSA) is 167 Å². The number of aromatic hydroxyl groups is 1. The van der Waals surface area contributed by atoms with Crippen LogP contribution in [0, 0.1) is 25.2 Å². The van der Waals surface area contributed by atoms with E-state index >= 15 is 4.79 Å². The Labute approximate surface area is 321 Å². The second kappa shape index (κ2) is 12.0. The van der Waals surface area contributed by atoms with Gasteiger partial charge < -0.3 is 39.1 Å². The van der Waals surface area contributed by atoms with Crippen LogP contribution in [-0.2, 0) is 37.6 Å². The quantitative estimate of drug-likeness (QED) is 0.164. The van der Waals surface area contributed by atoms with Crippen molar-refractivity contribution in [2.45, 2.75) is 87.6 Å². The van der Waals surface area contributed by atoms with Gasteiger partial charge >= 0.3 is 11.9 Å². The molecule has 284 valence electrons. The van der Waals surface area contributed by atoms with Crippen molar-refractivity contribution >= 4 is 34.6 Å². The van der Waals surface area contributed by atoms with E-state index in [1.165, 1.54) is 25.8 Å². The van der Waals surface area contributed by atoms with Crippen molar-refractivity contribution in [2.75, 3.05) is 26.2 Å². The molecule has 10 rings (SSSR count). The van der Waals surface area contributed by atoms with Gasteiger partial charge in [0.15, 0.2) is 28.5 Å². The number of nitrogens with zero attached hydrogens (tertiary/aromatic N) is 2. The molecule has 1 aromatic heterocycles. The van der Waals surface area contributed by atoms with Gasteiger partial charge in [0.05, 0.1) is 36.5 Å². The summed E-state index contributed by atoms with van der Waals surface area (Å²) in [6.07, 6.45) is 1.75. The minimum atomic E-state index is -1.60. The molecule has 4 aromatic rings. The number of para-hydroxylation sites is 1. The number of phenolic OH excluding ortho intramolecular Hbond substituents is 1. The number of phenols is 1. The fourth-order valence-electron chi connectivity index (χ4n) is 10.6. The second-order valence-corrected chi connectivity index (χ2v) is 16.5. The molecule has 7 atom stereocenters. The first kappa shape index (κ1) is 34.5. The molecular formula is C41H41N5O8S. The summed E-state index contributed by atoms with van der Waals surface area (Å²) >= 11 is 1.44. The van der Waals surface area contributed by atoms with Gasteiger partial charge in [0, 0.05) is 58.9 Å². The summed E-state index contributed by atoms with van der Waals surface area (Å²) in [6, 6.07) is 9.80. The molecule has 13 nitrogen and oxygen atoms in total. The number of esters is 2. The van der Waals surface area contributed by atoms with Gasteiger partial charge in [-0.2, -0.15) is 5.26 Å². The predicted molar refractivity (Wildman–Crippen MR) is 201 cm³/mol. The molecule has 55 heavy (non-hydrogen) atoms. The first-order valence-electron chi connectivity index (χ1n) is 18.8. The van der Waals surface area contributed by atoms with Gasteiger partial charge in [-0.05, 0) is 55.9 Å². The molecule has 0 aliphatic carbocycles. The van der Waals surface area contributed by atoms with Gasteiger partial charge in [-0.25, -0.2) is 4.79 Å². The van der Waals surface area contributed by atoms with E-state index in [2.05, 4.69) is 32.7 Å². The average Bonchev–Trinajstić information content (AvgIpc) is 3.81. The molecule has 4 N–H and O–H groups in total. The van der Waals surface area contributed by atoms with Crippen LogP contribution in [-0.4, -0.2) is 71.3 Å². The van der Waals surface area contributed by atoms with Crippen molar-refractivity contribution < 1.29 is 38.4 Å². The summed E-state index contributed by atoms with van der Waals surface area (Å²) in [6.45, 7) is 7.60. The van der Waals surface area contributed by atoms with Gasteiger partial charge in [-0.15, -0.1) is 11.8 Å². The highest BCUT2D eigenvalue weighted by atomic mass is 32.2. The zero-order valence-corrected chi connectivity index (χ0v) is 31.9. The fourth-order valence-corrected chi connectivity index (χ4v) is 12.3. The molecule has 2 saturated heterocycles. The number of aromatic amines is 1. The maximum Gasteiger partial charge on any atom is 0.335 e. The van der Waals surface area contributed by atoms with E-state index in [0.29, 0.717) is 58.9 Å². The number of hydrogen-bond donors (Lipinski definition) is 4. The third-order valence-corrected chi connectivity index (χ3v) is 14.2. The zero-order chi connectivity index (χ0) is 38.1. The van der Waals surface area contributed by atoms with Crippen LogP contribution in [0.2, 0.25) is 0 Å². The van der Waals surface area contributed by atoms with Crippen LogP contribution >= 0.6 is 11.8 Å². The highest BCUT2D eigenvalue weighted by Gasteiger charge is 2.69. The Kier molecular flexibility index (Phi) is 7.55. The summed E-state index contributed by atoms with van der Waals surface area (Å²) < 4.78 is 31.4. The Morgan fingerprint density at radius 3 is 2.73 bits per heavy atom. The lowest BCUT2D eigenvalue weighted by Gasteiger charge is -2.63. The number of benzene rings is 3. The number of carbonyl (C=O) groups is 2. The number of aryl methyl sites for hydroxylation is 1. The number of fused-ring (bicyclic) bond motifs is 15. The zero-order valence-electron chi connectivity index (χ0n) is 31.1. The van der Waals surface area contributed by atoms with E-state index in [0.717, 1.165) is 39.7 Å². The first-order chi connectivity index (χ1) is 26.6. The number of thioether (sulfide) groups is 1. The fraction of sp³-hybridized carbons (Fsp3) is 0.439. The number of ether oxygens (including phenoxy) is 5. The predicted octanol–water partition coefficient (Wildman–Crippen LogP) is 4.93. The van der Waals surface area contributed by atoms with Crippen molar-refractivity contribution in [1.29, 1.82) is 5.26 Å². The van der Waals surface area contributed by atoms with Gasteiger partial charge in [-0.1, -0.05) is 31.2 Å². The van der Waals surface area contributed by atoms with Crippen LogP contribution < -0.4 is 29.6 Å². The van der Waals surface area contributed by atoms with Crippen LogP contribution in [0.15, 0.2) is 30.3 Å². The molecule has 6 aliphatic rings. The molecule has 2 bridgehead atoms. The molecule has 1 unspecified atom stereocenters. The number of nitrogens with one attached hydrogen (secondary N) is 3. The van der Waals surface area contributed by atoms with Crippen molar-refractivity contribution in [2.24, 2.45) is 0 Å². The van der Waals surface area contributed by atoms with Crippen LogP contribution in [0.25, 0.3) is 10.9 Å². The van der Waals surface area contributed by atoms with Crippen LogP contribution in [0.1, 0.15) is 77.0 Å². The van der Waals surface area contributed by atoms with Crippen LogP contribution in [0.4, 0.5) is 0 Å². The van der Waals surface area contributed by atoms with E-state index in [4.69, 9.17) is 23.7 Å². The monoisotopic (exact) mass is 763 g/mol. The lowest BCUT2D eigenvalue weighted by Crippen LogP contribution is -2.74. The summed E-state index contributed by atoms with van der Waals surface area (Å²) in [4.78, 5) is 32.6. The number of rotatable bonds is 3. The van der Waals surface area contributed by atoms with E-state index in [1.807, 2.05) is 45.0 Å². The minimum Gasteiger partial charge on any atom is -0.504 e. The largest absolute Gasteiger partial charge is 0.504 e. The number of carbonyl (C=O) groups excluding carboxylic acids is 2. The summed E-state index contributed by atoms with van der Waals surface area (Å²) in [5.74, 6) is 0.724. The second-order valence-electron chi connectivity index (χ2n) is 15.3. The number of nitriles is 1.